The molecule has 1 saturated heterocycles. The molecule has 2 aromatic rings. The van der Waals surface area contributed by atoms with Gasteiger partial charge in [0.05, 0.1) is 18.4 Å². The zero-order chi connectivity index (χ0) is 16.2. The van der Waals surface area contributed by atoms with Crippen LogP contribution in [0.2, 0.25) is 0 Å². The second kappa shape index (κ2) is 7.23. The molecule has 0 unspecified atom stereocenters. The second-order valence-corrected chi connectivity index (χ2v) is 6.24. The number of rotatable bonds is 6. The summed E-state index contributed by atoms with van der Waals surface area (Å²) in [5.41, 5.74) is 2.45. The SMILES string of the molecule is Cc1nc(CCOC2CCN(Cc3cn(C)nc3C)CC2)no1. The highest BCUT2D eigenvalue weighted by Gasteiger charge is 2.20. The van der Waals surface area contributed by atoms with Crippen LogP contribution < -0.4 is 0 Å². The Labute approximate surface area is 136 Å². The molecule has 126 valence electrons. The Morgan fingerprint density at radius 2 is 2.09 bits per heavy atom. The first-order chi connectivity index (χ1) is 11.1. The molecule has 7 heteroatoms. The minimum atomic E-state index is 0.342. The van der Waals surface area contributed by atoms with Crippen molar-refractivity contribution in [3.8, 4) is 0 Å². The van der Waals surface area contributed by atoms with E-state index in [2.05, 4.69) is 33.3 Å². The summed E-state index contributed by atoms with van der Waals surface area (Å²) in [6.45, 7) is 7.66. The fraction of sp³-hybridized carbons (Fsp3) is 0.688. The van der Waals surface area contributed by atoms with Crippen LogP contribution in [0.15, 0.2) is 10.7 Å². The third-order valence-corrected chi connectivity index (χ3v) is 4.29. The molecule has 0 saturated carbocycles. The lowest BCUT2D eigenvalue weighted by Crippen LogP contribution is -2.36. The van der Waals surface area contributed by atoms with Crippen LogP contribution in [0.5, 0.6) is 0 Å². The van der Waals surface area contributed by atoms with Gasteiger partial charge < -0.3 is 9.26 Å². The van der Waals surface area contributed by atoms with Crippen molar-refractivity contribution in [1.82, 2.24) is 24.8 Å². The molecular weight excluding hydrogens is 294 g/mol. The zero-order valence-electron chi connectivity index (χ0n) is 14.2. The number of hydrogen-bond acceptors (Lipinski definition) is 6. The van der Waals surface area contributed by atoms with Gasteiger partial charge in [-0.1, -0.05) is 5.16 Å². The lowest BCUT2D eigenvalue weighted by molar-refractivity contribution is 0.00673. The molecule has 3 heterocycles. The van der Waals surface area contributed by atoms with Gasteiger partial charge in [-0.05, 0) is 19.8 Å². The Morgan fingerprint density at radius 3 is 2.70 bits per heavy atom. The molecule has 3 rings (SSSR count). The highest BCUT2D eigenvalue weighted by molar-refractivity contribution is 5.15. The van der Waals surface area contributed by atoms with E-state index in [0.717, 1.165) is 44.0 Å². The molecule has 23 heavy (non-hydrogen) atoms. The van der Waals surface area contributed by atoms with Crippen LogP contribution >= 0.6 is 0 Å². The smallest absolute Gasteiger partial charge is 0.223 e. The number of piperidine rings is 1. The lowest BCUT2D eigenvalue weighted by atomic mass is 10.1. The Balaban J connectivity index is 1.37. The first kappa shape index (κ1) is 16.1. The summed E-state index contributed by atoms with van der Waals surface area (Å²) in [5, 5.41) is 8.29. The molecule has 0 aliphatic carbocycles. The lowest BCUT2D eigenvalue weighted by Gasteiger charge is -2.31. The van der Waals surface area contributed by atoms with Crippen molar-refractivity contribution >= 4 is 0 Å². The number of likely N-dealkylation sites (tertiary alicyclic amines) is 1. The Kier molecular flexibility index (Phi) is 5.07. The van der Waals surface area contributed by atoms with E-state index in [1.54, 1.807) is 6.92 Å². The predicted molar refractivity (Wildman–Crippen MR) is 84.9 cm³/mol. The van der Waals surface area contributed by atoms with Gasteiger partial charge in [0, 0.05) is 51.8 Å². The average Bonchev–Trinajstić information content (AvgIpc) is 3.06. The van der Waals surface area contributed by atoms with E-state index in [0.29, 0.717) is 25.0 Å². The van der Waals surface area contributed by atoms with E-state index in [1.165, 1.54) is 5.56 Å². The van der Waals surface area contributed by atoms with Crippen LogP contribution in [0.4, 0.5) is 0 Å². The van der Waals surface area contributed by atoms with Crippen LogP contribution in [0.25, 0.3) is 0 Å². The van der Waals surface area contributed by atoms with Crippen LogP contribution in [-0.2, 0) is 24.8 Å². The number of hydrogen-bond donors (Lipinski definition) is 0. The monoisotopic (exact) mass is 319 g/mol. The van der Waals surface area contributed by atoms with Crippen molar-refractivity contribution in [3.63, 3.8) is 0 Å². The van der Waals surface area contributed by atoms with Gasteiger partial charge >= 0.3 is 0 Å². The average molecular weight is 319 g/mol. The van der Waals surface area contributed by atoms with Gasteiger partial charge in [-0.2, -0.15) is 10.1 Å². The van der Waals surface area contributed by atoms with Gasteiger partial charge in [0.15, 0.2) is 5.82 Å². The van der Waals surface area contributed by atoms with E-state index in [9.17, 15) is 0 Å². The summed E-state index contributed by atoms with van der Waals surface area (Å²) in [6.07, 6.45) is 5.32. The number of aromatic nitrogens is 4. The van der Waals surface area contributed by atoms with Crippen molar-refractivity contribution in [1.29, 1.82) is 0 Å². The van der Waals surface area contributed by atoms with Crippen LogP contribution in [-0.4, -0.2) is 50.6 Å². The molecule has 1 aliphatic heterocycles. The first-order valence-corrected chi connectivity index (χ1v) is 8.22. The van der Waals surface area contributed by atoms with E-state index < -0.39 is 0 Å². The summed E-state index contributed by atoms with van der Waals surface area (Å²) in [5.74, 6) is 1.34. The Morgan fingerprint density at radius 1 is 1.30 bits per heavy atom. The van der Waals surface area contributed by atoms with Crippen molar-refractivity contribution < 1.29 is 9.26 Å². The molecule has 1 fully saturated rings. The normalized spacial score (nSPS) is 17.0. The fourth-order valence-electron chi connectivity index (χ4n) is 3.04. The minimum Gasteiger partial charge on any atom is -0.378 e. The molecule has 1 aliphatic rings. The van der Waals surface area contributed by atoms with E-state index >= 15 is 0 Å². The van der Waals surface area contributed by atoms with Gasteiger partial charge in [-0.15, -0.1) is 0 Å². The third-order valence-electron chi connectivity index (χ3n) is 4.29. The first-order valence-electron chi connectivity index (χ1n) is 8.22. The maximum Gasteiger partial charge on any atom is 0.223 e. The summed E-state index contributed by atoms with van der Waals surface area (Å²) < 4.78 is 12.8. The molecule has 7 nitrogen and oxygen atoms in total. The molecule has 0 bridgehead atoms. The molecule has 0 spiro atoms. The quantitative estimate of drug-likeness (QED) is 0.806. The minimum absolute atomic E-state index is 0.342. The molecule has 2 aromatic heterocycles. The highest BCUT2D eigenvalue weighted by Crippen LogP contribution is 2.17. The molecule has 0 radical (unpaired) electrons. The third kappa shape index (κ3) is 4.39. The summed E-state index contributed by atoms with van der Waals surface area (Å²) in [7, 11) is 1.97. The zero-order valence-corrected chi connectivity index (χ0v) is 14.2. The van der Waals surface area contributed by atoms with Crippen molar-refractivity contribution in [2.24, 2.45) is 7.05 Å². The Bertz CT molecular complexity index is 628. The maximum absolute atomic E-state index is 5.96. The predicted octanol–water partition coefficient (Wildman–Crippen LogP) is 1.64. The largest absolute Gasteiger partial charge is 0.378 e. The van der Waals surface area contributed by atoms with E-state index in [1.807, 2.05) is 11.7 Å². The molecule has 0 amide bonds. The van der Waals surface area contributed by atoms with Gasteiger partial charge in [-0.3, -0.25) is 9.58 Å². The van der Waals surface area contributed by atoms with E-state index in [-0.39, 0.29) is 0 Å². The summed E-state index contributed by atoms with van der Waals surface area (Å²) in [6, 6.07) is 0. The van der Waals surface area contributed by atoms with Crippen molar-refractivity contribution in [3.05, 3.63) is 29.2 Å². The number of aryl methyl sites for hydroxylation is 3. The molecule has 0 atom stereocenters. The molecular formula is C16H25N5O2. The second-order valence-electron chi connectivity index (χ2n) is 6.24. The van der Waals surface area contributed by atoms with Crippen molar-refractivity contribution in [2.45, 2.75) is 45.8 Å². The van der Waals surface area contributed by atoms with Crippen LogP contribution in [0.3, 0.4) is 0 Å². The topological polar surface area (TPSA) is 69.2 Å². The van der Waals surface area contributed by atoms with Crippen LogP contribution in [0, 0.1) is 13.8 Å². The van der Waals surface area contributed by atoms with Crippen LogP contribution in [0.1, 0.15) is 35.8 Å². The maximum atomic E-state index is 5.96. The fourth-order valence-corrected chi connectivity index (χ4v) is 3.04. The van der Waals surface area contributed by atoms with Gasteiger partial charge in [0.2, 0.25) is 5.89 Å². The summed E-state index contributed by atoms with van der Waals surface area (Å²) >= 11 is 0. The molecule has 0 aromatic carbocycles. The Hall–Kier alpha value is -1.73. The number of ether oxygens (including phenoxy) is 1. The summed E-state index contributed by atoms with van der Waals surface area (Å²) in [4.78, 5) is 6.67. The molecule has 0 N–H and O–H groups in total. The number of nitrogens with zero attached hydrogens (tertiary/aromatic N) is 5. The van der Waals surface area contributed by atoms with Crippen molar-refractivity contribution in [2.75, 3.05) is 19.7 Å². The highest BCUT2D eigenvalue weighted by atomic mass is 16.5. The van der Waals surface area contributed by atoms with Gasteiger partial charge in [-0.25, -0.2) is 0 Å². The standard InChI is InChI=1S/C16H25N5O2/c1-12-14(10-20(3)18-12)11-21-7-4-15(5-8-21)22-9-6-16-17-13(2)23-19-16/h10,15H,4-9,11H2,1-3H3. The van der Waals surface area contributed by atoms with E-state index in [4.69, 9.17) is 9.26 Å². The van der Waals surface area contributed by atoms with Gasteiger partial charge in [0.1, 0.15) is 0 Å². The van der Waals surface area contributed by atoms with Gasteiger partial charge in [0.25, 0.3) is 0 Å².